The van der Waals surface area contributed by atoms with Gasteiger partial charge in [0.15, 0.2) is 11.5 Å². The lowest BCUT2D eigenvalue weighted by molar-refractivity contribution is 0.0937. The van der Waals surface area contributed by atoms with Gasteiger partial charge in [-0.2, -0.15) is 0 Å². The second-order valence-corrected chi connectivity index (χ2v) is 7.92. The van der Waals surface area contributed by atoms with E-state index in [-0.39, 0.29) is 12.5 Å². The summed E-state index contributed by atoms with van der Waals surface area (Å²) in [5.41, 5.74) is 2.34. The number of rotatable bonds is 7. The Balaban J connectivity index is 1.68. The second-order valence-electron chi connectivity index (χ2n) is 7.51. The van der Waals surface area contributed by atoms with Crippen LogP contribution in [0, 0.1) is 5.82 Å². The van der Waals surface area contributed by atoms with Crippen LogP contribution in [0.2, 0.25) is 5.02 Å². The molecule has 3 aromatic carbocycles. The largest absolute Gasteiger partial charge is 0.493 e. The summed E-state index contributed by atoms with van der Waals surface area (Å²) < 4.78 is 26.9. The van der Waals surface area contributed by atoms with Crippen LogP contribution >= 0.6 is 11.6 Å². The van der Waals surface area contributed by atoms with Gasteiger partial charge in [-0.3, -0.25) is 4.79 Å². The number of fused-ring (bicyclic) bond motifs is 1. The second kappa shape index (κ2) is 9.50. The maximum Gasteiger partial charge on any atom is 0.251 e. The van der Waals surface area contributed by atoms with Crippen molar-refractivity contribution in [2.24, 2.45) is 0 Å². The Morgan fingerprint density at radius 2 is 1.85 bits per heavy atom. The minimum Gasteiger partial charge on any atom is -0.493 e. The molecular formula is C25H23ClFN3O3. The number of ether oxygens (including phenoxy) is 2. The monoisotopic (exact) mass is 467 g/mol. The molecule has 0 radical (unpaired) electrons. The Kier molecular flexibility index (Phi) is 6.51. The van der Waals surface area contributed by atoms with Crippen LogP contribution in [0.3, 0.4) is 0 Å². The number of benzene rings is 3. The molecule has 0 saturated carbocycles. The molecule has 0 bridgehead atoms. The summed E-state index contributed by atoms with van der Waals surface area (Å²) in [7, 11) is 3.05. The summed E-state index contributed by atoms with van der Waals surface area (Å²) in [6, 6.07) is 16.6. The molecule has 0 fully saturated rings. The van der Waals surface area contributed by atoms with Crippen molar-refractivity contribution in [3.63, 3.8) is 0 Å². The lowest BCUT2D eigenvalue weighted by Gasteiger charge is -2.18. The fourth-order valence-electron chi connectivity index (χ4n) is 3.75. The lowest BCUT2D eigenvalue weighted by Crippen LogP contribution is -2.29. The van der Waals surface area contributed by atoms with Gasteiger partial charge in [0.25, 0.3) is 5.91 Å². The Morgan fingerprint density at radius 1 is 1.09 bits per heavy atom. The minimum atomic E-state index is -0.469. The van der Waals surface area contributed by atoms with Crippen molar-refractivity contribution in [3.05, 3.63) is 88.5 Å². The predicted molar refractivity (Wildman–Crippen MR) is 126 cm³/mol. The van der Waals surface area contributed by atoms with Crippen LogP contribution in [-0.4, -0.2) is 29.7 Å². The van der Waals surface area contributed by atoms with E-state index in [0.717, 1.165) is 11.0 Å². The summed E-state index contributed by atoms with van der Waals surface area (Å²) in [5.74, 6) is 0.883. The van der Waals surface area contributed by atoms with E-state index in [1.54, 1.807) is 30.3 Å². The number of para-hydroxylation sites is 2. The van der Waals surface area contributed by atoms with Gasteiger partial charge in [-0.1, -0.05) is 29.8 Å². The maximum atomic E-state index is 14.5. The van der Waals surface area contributed by atoms with Crippen molar-refractivity contribution in [3.8, 4) is 11.5 Å². The van der Waals surface area contributed by atoms with Crippen molar-refractivity contribution < 1.29 is 18.7 Å². The molecule has 4 aromatic rings. The maximum absolute atomic E-state index is 14.5. The summed E-state index contributed by atoms with van der Waals surface area (Å²) in [6.07, 6.45) is 0. The number of aromatic nitrogens is 2. The van der Waals surface area contributed by atoms with Crippen molar-refractivity contribution in [2.75, 3.05) is 14.2 Å². The molecule has 0 saturated heterocycles. The molecule has 33 heavy (non-hydrogen) atoms. The molecular weight excluding hydrogens is 445 g/mol. The molecule has 0 spiro atoms. The van der Waals surface area contributed by atoms with Crippen LogP contribution in [-0.2, 0) is 6.54 Å². The lowest BCUT2D eigenvalue weighted by atomic mass is 10.1. The zero-order chi connectivity index (χ0) is 23.5. The van der Waals surface area contributed by atoms with Gasteiger partial charge in [0.1, 0.15) is 11.6 Å². The quantitative estimate of drug-likeness (QED) is 0.396. The number of nitrogens with zero attached hydrogens (tertiary/aromatic N) is 2. The molecule has 1 heterocycles. The molecule has 6 nitrogen and oxygen atoms in total. The van der Waals surface area contributed by atoms with E-state index in [1.165, 1.54) is 20.3 Å². The summed E-state index contributed by atoms with van der Waals surface area (Å²) in [4.78, 5) is 17.7. The van der Waals surface area contributed by atoms with Gasteiger partial charge in [-0.25, -0.2) is 9.37 Å². The van der Waals surface area contributed by atoms with Crippen molar-refractivity contribution >= 4 is 28.5 Å². The highest BCUT2D eigenvalue weighted by molar-refractivity contribution is 6.31. The number of carbonyl (C=O) groups excluding carboxylic acids is 1. The third kappa shape index (κ3) is 4.50. The Morgan fingerprint density at radius 3 is 2.58 bits per heavy atom. The summed E-state index contributed by atoms with van der Waals surface area (Å²) >= 11 is 6.28. The van der Waals surface area contributed by atoms with E-state index in [2.05, 4.69) is 5.32 Å². The van der Waals surface area contributed by atoms with Gasteiger partial charge in [0.2, 0.25) is 0 Å². The zero-order valence-corrected chi connectivity index (χ0v) is 19.2. The average molecular weight is 468 g/mol. The number of methoxy groups -OCH3 is 2. The topological polar surface area (TPSA) is 65.4 Å². The first kappa shape index (κ1) is 22.6. The van der Waals surface area contributed by atoms with Gasteiger partial charge in [-0.15, -0.1) is 0 Å². The SMILES string of the molecule is COc1ccc(C(=O)NC(C)c2nc3ccccc3n2Cc2c(F)cccc2Cl)cc1OC. The van der Waals surface area contributed by atoms with E-state index in [0.29, 0.717) is 33.5 Å². The predicted octanol–water partition coefficient (Wildman–Crippen LogP) is 5.39. The number of halogens is 2. The number of hydrogen-bond acceptors (Lipinski definition) is 4. The van der Waals surface area contributed by atoms with Gasteiger partial charge in [0.05, 0.1) is 37.8 Å². The average Bonchev–Trinajstić information content (AvgIpc) is 3.19. The molecule has 1 unspecified atom stereocenters. The first-order chi connectivity index (χ1) is 15.9. The van der Waals surface area contributed by atoms with E-state index in [4.69, 9.17) is 26.1 Å². The molecule has 0 aliphatic carbocycles. The van der Waals surface area contributed by atoms with Crippen LogP contribution in [0.5, 0.6) is 11.5 Å². The minimum absolute atomic E-state index is 0.178. The van der Waals surface area contributed by atoms with E-state index in [1.807, 2.05) is 35.8 Å². The number of nitrogens with one attached hydrogen (secondary N) is 1. The number of carbonyl (C=O) groups is 1. The fraction of sp³-hybridized carbons (Fsp3) is 0.200. The third-order valence-electron chi connectivity index (χ3n) is 5.44. The Labute approximate surface area is 195 Å². The van der Waals surface area contributed by atoms with E-state index >= 15 is 0 Å². The highest BCUT2D eigenvalue weighted by Crippen LogP contribution is 2.29. The molecule has 170 valence electrons. The molecule has 1 atom stereocenters. The molecule has 1 amide bonds. The van der Waals surface area contributed by atoms with E-state index < -0.39 is 11.9 Å². The van der Waals surface area contributed by atoms with Crippen molar-refractivity contribution in [1.29, 1.82) is 0 Å². The van der Waals surface area contributed by atoms with Crippen molar-refractivity contribution in [1.82, 2.24) is 14.9 Å². The molecule has 1 N–H and O–H groups in total. The first-order valence-corrected chi connectivity index (χ1v) is 10.7. The van der Waals surface area contributed by atoms with Crippen LogP contribution in [0.1, 0.15) is 34.7 Å². The Hall–Kier alpha value is -3.58. The fourth-order valence-corrected chi connectivity index (χ4v) is 3.98. The number of hydrogen-bond donors (Lipinski definition) is 1. The van der Waals surface area contributed by atoms with Crippen LogP contribution in [0.15, 0.2) is 60.7 Å². The normalized spacial score (nSPS) is 11.9. The summed E-state index contributed by atoms with van der Waals surface area (Å²) in [6.45, 7) is 2.01. The zero-order valence-electron chi connectivity index (χ0n) is 18.4. The summed E-state index contributed by atoms with van der Waals surface area (Å²) in [5, 5.41) is 3.31. The highest BCUT2D eigenvalue weighted by atomic mass is 35.5. The molecule has 8 heteroatoms. The molecule has 0 aliphatic rings. The van der Waals surface area contributed by atoms with Crippen LogP contribution in [0.4, 0.5) is 4.39 Å². The highest BCUT2D eigenvalue weighted by Gasteiger charge is 2.21. The van der Waals surface area contributed by atoms with Crippen LogP contribution < -0.4 is 14.8 Å². The molecule has 1 aromatic heterocycles. The van der Waals surface area contributed by atoms with E-state index in [9.17, 15) is 9.18 Å². The standard InChI is InChI=1S/C25H23ClFN3O3/c1-15(28-25(31)16-11-12-22(32-2)23(13-16)33-3)24-29-20-9-4-5-10-21(20)30(24)14-17-18(26)7-6-8-19(17)27/h4-13,15H,14H2,1-3H3,(H,28,31). The third-order valence-corrected chi connectivity index (χ3v) is 5.80. The smallest absolute Gasteiger partial charge is 0.251 e. The van der Waals surface area contributed by atoms with Gasteiger partial charge in [-0.05, 0) is 49.4 Å². The first-order valence-electron chi connectivity index (χ1n) is 10.3. The molecule has 4 rings (SSSR count). The van der Waals surface area contributed by atoms with Crippen molar-refractivity contribution in [2.45, 2.75) is 19.5 Å². The number of imidazole rings is 1. The van der Waals surface area contributed by atoms with Gasteiger partial charge >= 0.3 is 0 Å². The molecule has 0 aliphatic heterocycles. The van der Waals surface area contributed by atoms with Crippen LogP contribution in [0.25, 0.3) is 11.0 Å². The van der Waals surface area contributed by atoms with Gasteiger partial charge in [0, 0.05) is 16.1 Å². The van der Waals surface area contributed by atoms with Gasteiger partial charge < -0.3 is 19.4 Å². The Bertz CT molecular complexity index is 1300. The number of amides is 1.